The van der Waals surface area contributed by atoms with Crippen molar-refractivity contribution in [2.24, 2.45) is 0 Å². The molecule has 0 fully saturated rings. The predicted molar refractivity (Wildman–Crippen MR) is 88.8 cm³/mol. The Labute approximate surface area is 151 Å². The lowest BCUT2D eigenvalue weighted by molar-refractivity contribution is -0.137. The molecule has 3 N–H and O–H groups in total. The fourth-order valence-corrected chi connectivity index (χ4v) is 2.30. The van der Waals surface area contributed by atoms with Crippen molar-refractivity contribution in [3.8, 4) is 0 Å². The van der Waals surface area contributed by atoms with Crippen molar-refractivity contribution in [3.05, 3.63) is 58.9 Å². The molecule has 1 aromatic carbocycles. The SMILES string of the molecule is CC(CC(=N)c1ccc(C(=O)O)nn1)NC(=O)c1ccccc1C(F)(F)F. The number of nitrogens with zero attached hydrogens (tertiary/aromatic N) is 2. The number of alkyl halides is 3. The molecule has 0 saturated carbocycles. The number of carbonyl (C=O) groups is 2. The fourth-order valence-electron chi connectivity index (χ4n) is 2.30. The van der Waals surface area contributed by atoms with E-state index in [1.807, 2.05) is 0 Å². The first-order valence-electron chi connectivity index (χ1n) is 7.71. The molecule has 1 aromatic heterocycles. The third-order valence-corrected chi connectivity index (χ3v) is 3.56. The second kappa shape index (κ2) is 7.94. The standard InChI is InChI=1S/C17H15F3N4O3/c1-9(8-12(21)13-6-7-14(16(26)27)24-23-13)22-15(25)10-4-2-3-5-11(10)17(18,19)20/h2-7,9,21H,8H2,1H3,(H,22,25)(H,26,27). The van der Waals surface area contributed by atoms with Gasteiger partial charge in [-0.1, -0.05) is 12.1 Å². The van der Waals surface area contributed by atoms with Crippen LogP contribution in [0.15, 0.2) is 36.4 Å². The lowest BCUT2D eigenvalue weighted by atomic mass is 10.0. The number of rotatable bonds is 6. The molecule has 1 atom stereocenters. The highest BCUT2D eigenvalue weighted by atomic mass is 19.4. The summed E-state index contributed by atoms with van der Waals surface area (Å²) in [6.45, 7) is 1.53. The van der Waals surface area contributed by atoms with Crippen LogP contribution in [-0.2, 0) is 6.18 Å². The van der Waals surface area contributed by atoms with Crippen LogP contribution in [0.25, 0.3) is 0 Å². The maximum Gasteiger partial charge on any atom is 0.417 e. The van der Waals surface area contributed by atoms with E-state index in [0.717, 1.165) is 12.1 Å². The number of carboxylic acids is 1. The molecular weight excluding hydrogens is 365 g/mol. The molecule has 0 spiro atoms. The quantitative estimate of drug-likeness (QED) is 0.667. The summed E-state index contributed by atoms with van der Waals surface area (Å²) in [5.41, 5.74) is -1.77. The van der Waals surface area contributed by atoms with Gasteiger partial charge in [-0.15, -0.1) is 10.2 Å². The van der Waals surface area contributed by atoms with Crippen LogP contribution in [0.4, 0.5) is 13.2 Å². The van der Waals surface area contributed by atoms with Gasteiger partial charge < -0.3 is 15.8 Å². The van der Waals surface area contributed by atoms with Crippen LogP contribution in [0.5, 0.6) is 0 Å². The van der Waals surface area contributed by atoms with Crippen molar-refractivity contribution >= 4 is 17.6 Å². The Morgan fingerprint density at radius 1 is 1.15 bits per heavy atom. The van der Waals surface area contributed by atoms with Crippen LogP contribution in [0.2, 0.25) is 0 Å². The number of nitrogens with one attached hydrogen (secondary N) is 2. The Kier molecular flexibility index (Phi) is 5.88. The van der Waals surface area contributed by atoms with Crippen LogP contribution < -0.4 is 5.32 Å². The Hall–Kier alpha value is -3.30. The molecule has 27 heavy (non-hydrogen) atoms. The van der Waals surface area contributed by atoms with Gasteiger partial charge in [0, 0.05) is 12.5 Å². The lowest BCUT2D eigenvalue weighted by Gasteiger charge is -2.17. The van der Waals surface area contributed by atoms with Crippen molar-refractivity contribution in [1.82, 2.24) is 15.5 Å². The zero-order chi connectivity index (χ0) is 20.2. The van der Waals surface area contributed by atoms with Gasteiger partial charge in [0.15, 0.2) is 5.69 Å². The topological polar surface area (TPSA) is 116 Å². The summed E-state index contributed by atoms with van der Waals surface area (Å²) in [5, 5.41) is 26.2. The molecule has 1 amide bonds. The average Bonchev–Trinajstić information content (AvgIpc) is 2.60. The molecule has 0 bridgehead atoms. The van der Waals surface area contributed by atoms with Crippen LogP contribution in [-0.4, -0.2) is 38.9 Å². The first kappa shape index (κ1) is 20.0. The molecule has 1 heterocycles. The maximum atomic E-state index is 13.0. The first-order chi connectivity index (χ1) is 12.6. The van der Waals surface area contributed by atoms with Crippen molar-refractivity contribution in [1.29, 1.82) is 5.41 Å². The number of amides is 1. The van der Waals surface area contributed by atoms with Crippen LogP contribution in [0.1, 0.15) is 45.4 Å². The lowest BCUT2D eigenvalue weighted by Crippen LogP contribution is -2.35. The van der Waals surface area contributed by atoms with E-state index in [4.69, 9.17) is 10.5 Å². The third kappa shape index (κ3) is 5.09. The van der Waals surface area contributed by atoms with Crippen LogP contribution in [0.3, 0.4) is 0 Å². The molecule has 7 nitrogen and oxygen atoms in total. The highest BCUT2D eigenvalue weighted by Crippen LogP contribution is 2.31. The van der Waals surface area contributed by atoms with E-state index < -0.39 is 35.2 Å². The van der Waals surface area contributed by atoms with E-state index in [9.17, 15) is 22.8 Å². The molecule has 0 saturated heterocycles. The van der Waals surface area contributed by atoms with Crippen molar-refractivity contribution in [2.45, 2.75) is 25.6 Å². The van der Waals surface area contributed by atoms with Gasteiger partial charge in [0.25, 0.3) is 5.91 Å². The van der Waals surface area contributed by atoms with Gasteiger partial charge in [0.1, 0.15) is 5.69 Å². The maximum absolute atomic E-state index is 13.0. The van der Waals surface area contributed by atoms with E-state index >= 15 is 0 Å². The van der Waals surface area contributed by atoms with E-state index in [1.54, 1.807) is 0 Å². The Morgan fingerprint density at radius 2 is 1.74 bits per heavy atom. The molecule has 0 aliphatic carbocycles. The monoisotopic (exact) mass is 380 g/mol. The van der Waals surface area contributed by atoms with Gasteiger partial charge in [0.2, 0.25) is 0 Å². The Balaban J connectivity index is 2.05. The molecule has 2 aromatic rings. The molecular formula is C17H15F3N4O3. The van der Waals surface area contributed by atoms with Gasteiger partial charge in [-0.05, 0) is 31.2 Å². The molecule has 10 heteroatoms. The largest absolute Gasteiger partial charge is 0.476 e. The molecule has 1 unspecified atom stereocenters. The summed E-state index contributed by atoms with van der Waals surface area (Å²) < 4.78 is 39.0. The number of halogens is 3. The van der Waals surface area contributed by atoms with Crippen molar-refractivity contribution in [2.75, 3.05) is 0 Å². The number of aromatic nitrogens is 2. The highest BCUT2D eigenvalue weighted by molar-refractivity contribution is 5.99. The van der Waals surface area contributed by atoms with Gasteiger partial charge in [-0.2, -0.15) is 13.2 Å². The molecule has 0 radical (unpaired) electrons. The summed E-state index contributed by atoms with van der Waals surface area (Å²) in [6.07, 6.45) is -4.69. The number of carbonyl (C=O) groups excluding carboxylic acids is 1. The molecule has 142 valence electrons. The van der Waals surface area contributed by atoms with Gasteiger partial charge in [-0.25, -0.2) is 4.79 Å². The second-order valence-corrected chi connectivity index (χ2v) is 5.71. The zero-order valence-electron chi connectivity index (χ0n) is 14.0. The van der Waals surface area contributed by atoms with Gasteiger partial charge in [0.05, 0.1) is 16.8 Å². The smallest absolute Gasteiger partial charge is 0.417 e. The minimum atomic E-state index is -4.66. The fraction of sp³-hybridized carbons (Fsp3) is 0.235. The second-order valence-electron chi connectivity index (χ2n) is 5.71. The normalized spacial score (nSPS) is 12.3. The van der Waals surface area contributed by atoms with E-state index in [2.05, 4.69) is 15.5 Å². The van der Waals surface area contributed by atoms with Crippen LogP contribution in [0, 0.1) is 5.41 Å². The molecule has 0 aliphatic heterocycles. The predicted octanol–water partition coefficient (Wildman–Crippen LogP) is 2.77. The van der Waals surface area contributed by atoms with E-state index in [1.165, 1.54) is 31.2 Å². The number of hydrogen-bond donors (Lipinski definition) is 3. The summed E-state index contributed by atoms with van der Waals surface area (Å²) >= 11 is 0. The van der Waals surface area contributed by atoms with Crippen molar-refractivity contribution < 1.29 is 27.9 Å². The minimum Gasteiger partial charge on any atom is -0.476 e. The van der Waals surface area contributed by atoms with E-state index in [-0.39, 0.29) is 23.5 Å². The van der Waals surface area contributed by atoms with E-state index in [0.29, 0.717) is 0 Å². The summed E-state index contributed by atoms with van der Waals surface area (Å²) in [5.74, 6) is -2.17. The average molecular weight is 380 g/mol. The molecule has 2 rings (SSSR count). The Morgan fingerprint density at radius 3 is 2.30 bits per heavy atom. The zero-order valence-corrected chi connectivity index (χ0v) is 14.0. The number of benzene rings is 1. The number of carboxylic acid groups (broad SMARTS) is 1. The van der Waals surface area contributed by atoms with Crippen LogP contribution >= 0.6 is 0 Å². The number of aromatic carboxylic acids is 1. The summed E-state index contributed by atoms with van der Waals surface area (Å²) in [7, 11) is 0. The minimum absolute atomic E-state index is 0.0268. The summed E-state index contributed by atoms with van der Waals surface area (Å²) in [6, 6.07) is 6.24. The molecule has 0 aliphatic rings. The third-order valence-electron chi connectivity index (χ3n) is 3.56. The van der Waals surface area contributed by atoms with Gasteiger partial charge in [-0.3, -0.25) is 4.79 Å². The first-order valence-corrected chi connectivity index (χ1v) is 7.71. The Bertz CT molecular complexity index is 866. The summed E-state index contributed by atoms with van der Waals surface area (Å²) in [4.78, 5) is 22.9. The highest BCUT2D eigenvalue weighted by Gasteiger charge is 2.35. The number of hydrogen-bond acceptors (Lipinski definition) is 5. The van der Waals surface area contributed by atoms with Crippen molar-refractivity contribution in [3.63, 3.8) is 0 Å². The van der Waals surface area contributed by atoms with Gasteiger partial charge >= 0.3 is 12.1 Å².